The van der Waals surface area contributed by atoms with Gasteiger partial charge in [0.1, 0.15) is 23.1 Å². The van der Waals surface area contributed by atoms with Crippen LogP contribution in [0.4, 0.5) is 10.6 Å². The predicted molar refractivity (Wildman–Crippen MR) is 153 cm³/mol. The smallest absolute Gasteiger partial charge is 0.329 e. The van der Waals surface area contributed by atoms with Crippen LogP contribution < -0.4 is 26.4 Å². The Morgan fingerprint density at radius 2 is 1.70 bits per heavy atom. The van der Waals surface area contributed by atoms with E-state index >= 15 is 0 Å². The molecule has 3 atom stereocenters. The molecule has 1 heterocycles. The normalized spacial score (nSPS) is 14.1. The van der Waals surface area contributed by atoms with E-state index in [2.05, 4.69) is 20.9 Å². The van der Waals surface area contributed by atoms with Gasteiger partial charge in [0.05, 0.1) is 19.3 Å². The number of ether oxygens (including phenoxy) is 2. The van der Waals surface area contributed by atoms with Crippen LogP contribution in [0.3, 0.4) is 0 Å². The highest BCUT2D eigenvalue weighted by Crippen LogP contribution is 2.15. The summed E-state index contributed by atoms with van der Waals surface area (Å²) in [6.07, 6.45) is 3.10. The molecule has 0 aliphatic heterocycles. The number of nitrogens with one attached hydrogen (secondary N) is 3. The number of carboxylic acid groups (broad SMARTS) is 1. The Bertz CT molecular complexity index is 1090. The van der Waals surface area contributed by atoms with Gasteiger partial charge < -0.3 is 36.3 Å². The molecule has 6 N–H and O–H groups in total. The fourth-order valence-corrected chi connectivity index (χ4v) is 3.72. The number of nitrogens with zero attached hydrogens (tertiary/aromatic N) is 1. The van der Waals surface area contributed by atoms with Crippen molar-refractivity contribution in [2.24, 2.45) is 5.92 Å². The summed E-state index contributed by atoms with van der Waals surface area (Å²) in [5.74, 6) is -0.380. The Morgan fingerprint density at radius 1 is 1.02 bits per heavy atom. The van der Waals surface area contributed by atoms with Gasteiger partial charge in [-0.25, -0.2) is 14.6 Å². The minimum Gasteiger partial charge on any atom is -0.494 e. The summed E-state index contributed by atoms with van der Waals surface area (Å²) in [4.78, 5) is 41.3. The summed E-state index contributed by atoms with van der Waals surface area (Å²) in [6, 6.07) is 9.18. The number of hydrogen-bond donors (Lipinski definition) is 5. The number of amides is 3. The molecule has 1 aromatic heterocycles. The minimum atomic E-state index is -1.63. The molecule has 3 amide bonds. The van der Waals surface area contributed by atoms with Crippen molar-refractivity contribution in [1.29, 1.82) is 0 Å². The van der Waals surface area contributed by atoms with Crippen LogP contribution in [-0.4, -0.2) is 65.4 Å². The van der Waals surface area contributed by atoms with Gasteiger partial charge >= 0.3 is 12.0 Å². The average Bonchev–Trinajstić information content (AvgIpc) is 2.89. The first-order valence-electron chi connectivity index (χ1n) is 13.5. The number of carbonyl (C=O) groups is 3. The van der Waals surface area contributed by atoms with Crippen molar-refractivity contribution >= 4 is 23.7 Å². The van der Waals surface area contributed by atoms with Crippen molar-refractivity contribution < 1.29 is 29.0 Å². The van der Waals surface area contributed by atoms with Gasteiger partial charge in [0.15, 0.2) is 0 Å². The number of anilines is 1. The van der Waals surface area contributed by atoms with Crippen molar-refractivity contribution in [2.75, 3.05) is 25.6 Å². The van der Waals surface area contributed by atoms with Crippen LogP contribution in [0.15, 0.2) is 42.6 Å². The van der Waals surface area contributed by atoms with E-state index in [1.807, 2.05) is 45.0 Å². The lowest BCUT2D eigenvalue weighted by molar-refractivity contribution is -0.143. The van der Waals surface area contributed by atoms with Gasteiger partial charge in [-0.3, -0.25) is 4.79 Å². The number of pyridine rings is 1. The number of rotatable bonds is 16. The summed E-state index contributed by atoms with van der Waals surface area (Å²) < 4.78 is 11.5. The second kappa shape index (κ2) is 15.7. The molecule has 0 bridgehead atoms. The standard InChI is InChI=1S/C29H43N5O6/c1-19(2)24(18-39-14-6-7-15-40-23-11-8-20(3)9-12-23)33-26(35)21(4)32-28(38)34-29(5,27(36)37)16-22-10-13-25(30)31-17-22/h8-13,17,19,21,24H,6-7,14-16,18H2,1-5H3,(H2,30,31)(H,33,35)(H,36,37)(H2,32,34,38)/t21-,24-,29+/m1/s1. The van der Waals surface area contributed by atoms with Gasteiger partial charge in [0, 0.05) is 19.2 Å². The summed E-state index contributed by atoms with van der Waals surface area (Å²) in [6.45, 7) is 10.3. The van der Waals surface area contributed by atoms with Crippen molar-refractivity contribution in [1.82, 2.24) is 20.9 Å². The Kier molecular flexibility index (Phi) is 12.7. The van der Waals surface area contributed by atoms with Crippen molar-refractivity contribution in [3.63, 3.8) is 0 Å². The third-order valence-corrected chi connectivity index (χ3v) is 6.41. The first-order valence-corrected chi connectivity index (χ1v) is 13.5. The number of aryl methyl sites for hydroxylation is 1. The fourth-order valence-electron chi connectivity index (χ4n) is 3.72. The molecule has 0 aliphatic rings. The molecule has 40 heavy (non-hydrogen) atoms. The number of benzene rings is 1. The summed E-state index contributed by atoms with van der Waals surface area (Å²) in [5, 5.41) is 17.6. The van der Waals surface area contributed by atoms with E-state index in [-0.39, 0.29) is 18.4 Å². The summed E-state index contributed by atoms with van der Waals surface area (Å²) in [7, 11) is 0. The molecule has 1 aromatic carbocycles. The Balaban J connectivity index is 1.75. The molecule has 11 nitrogen and oxygen atoms in total. The number of nitrogens with two attached hydrogens (primary N) is 1. The van der Waals surface area contributed by atoms with E-state index < -0.39 is 29.5 Å². The van der Waals surface area contributed by atoms with Gasteiger partial charge in [-0.1, -0.05) is 37.6 Å². The lowest BCUT2D eigenvalue weighted by atomic mass is 9.94. The molecule has 2 aromatic rings. The van der Waals surface area contributed by atoms with Gasteiger partial charge in [-0.15, -0.1) is 0 Å². The molecule has 0 saturated carbocycles. The van der Waals surface area contributed by atoms with Crippen molar-refractivity contribution in [2.45, 2.75) is 71.5 Å². The molecule has 0 saturated heterocycles. The first-order chi connectivity index (χ1) is 18.9. The zero-order valence-electron chi connectivity index (χ0n) is 24.0. The highest BCUT2D eigenvalue weighted by atomic mass is 16.5. The fraction of sp³-hybridized carbons (Fsp3) is 0.517. The zero-order chi connectivity index (χ0) is 29.7. The maximum atomic E-state index is 12.8. The van der Waals surface area contributed by atoms with Crippen LogP contribution in [0.5, 0.6) is 5.75 Å². The average molecular weight is 558 g/mol. The largest absolute Gasteiger partial charge is 0.494 e. The zero-order valence-corrected chi connectivity index (χ0v) is 24.0. The molecule has 0 fully saturated rings. The van der Waals surface area contributed by atoms with Gasteiger partial charge in [-0.05, 0) is 63.3 Å². The van der Waals surface area contributed by atoms with Gasteiger partial charge in [-0.2, -0.15) is 0 Å². The van der Waals surface area contributed by atoms with Crippen LogP contribution in [0.1, 0.15) is 51.7 Å². The van der Waals surface area contributed by atoms with Crippen LogP contribution in [0, 0.1) is 12.8 Å². The Hall–Kier alpha value is -3.86. The highest BCUT2D eigenvalue weighted by molar-refractivity contribution is 5.90. The van der Waals surface area contributed by atoms with Gasteiger partial charge in [0.25, 0.3) is 0 Å². The third-order valence-electron chi connectivity index (χ3n) is 6.41. The van der Waals surface area contributed by atoms with Crippen LogP contribution >= 0.6 is 0 Å². The first kappa shape index (κ1) is 32.4. The van der Waals surface area contributed by atoms with Crippen LogP contribution in [0.25, 0.3) is 0 Å². The summed E-state index contributed by atoms with van der Waals surface area (Å²) in [5.41, 5.74) is 5.73. The Morgan fingerprint density at radius 3 is 2.30 bits per heavy atom. The number of urea groups is 1. The minimum absolute atomic E-state index is 0.0194. The van der Waals surface area contributed by atoms with Crippen LogP contribution in [-0.2, 0) is 20.7 Å². The molecule has 0 spiro atoms. The number of carboxylic acids is 1. The van der Waals surface area contributed by atoms with Gasteiger partial charge in [0.2, 0.25) is 5.91 Å². The molecular formula is C29H43N5O6. The lowest BCUT2D eigenvalue weighted by Crippen LogP contribution is -2.59. The molecule has 220 valence electrons. The topological polar surface area (TPSA) is 165 Å². The van der Waals surface area contributed by atoms with E-state index in [4.69, 9.17) is 15.2 Å². The maximum Gasteiger partial charge on any atom is 0.329 e. The molecule has 11 heteroatoms. The Labute approximate surface area is 236 Å². The number of nitrogen functional groups attached to an aromatic ring is 1. The molecular weight excluding hydrogens is 514 g/mol. The van der Waals surface area contributed by atoms with E-state index in [9.17, 15) is 19.5 Å². The lowest BCUT2D eigenvalue weighted by Gasteiger charge is -2.28. The number of hydrogen-bond acceptors (Lipinski definition) is 7. The van der Waals surface area contributed by atoms with Crippen LogP contribution in [0.2, 0.25) is 0 Å². The monoisotopic (exact) mass is 557 g/mol. The summed E-state index contributed by atoms with van der Waals surface area (Å²) >= 11 is 0. The van der Waals surface area contributed by atoms with E-state index in [1.54, 1.807) is 12.1 Å². The number of aliphatic carboxylic acids is 1. The maximum absolute atomic E-state index is 12.8. The second-order valence-electron chi connectivity index (χ2n) is 10.5. The molecule has 0 radical (unpaired) electrons. The number of unbranched alkanes of at least 4 members (excludes halogenated alkanes) is 1. The SMILES string of the molecule is Cc1ccc(OCCCCOC[C@@H](NC(=O)[C@@H](C)NC(=O)N[C@@](C)(Cc2ccc(N)nc2)C(=O)O)C(C)C)cc1. The predicted octanol–water partition coefficient (Wildman–Crippen LogP) is 3.06. The quantitative estimate of drug-likeness (QED) is 0.197. The van der Waals surface area contributed by atoms with E-state index in [1.165, 1.54) is 25.6 Å². The number of carbonyl (C=O) groups excluding carboxylic acids is 2. The second-order valence-corrected chi connectivity index (χ2v) is 10.5. The van der Waals surface area contributed by atoms with Crippen molar-refractivity contribution in [3.05, 3.63) is 53.7 Å². The van der Waals surface area contributed by atoms with Crippen molar-refractivity contribution in [3.8, 4) is 5.75 Å². The molecule has 0 unspecified atom stereocenters. The number of aromatic nitrogens is 1. The molecule has 2 rings (SSSR count). The molecule has 0 aliphatic carbocycles. The third kappa shape index (κ3) is 11.1. The highest BCUT2D eigenvalue weighted by Gasteiger charge is 2.36. The van der Waals surface area contributed by atoms with E-state index in [0.29, 0.717) is 31.2 Å². The van der Waals surface area contributed by atoms with E-state index in [0.717, 1.165) is 18.6 Å².